The maximum atomic E-state index is 12.3. The third kappa shape index (κ3) is 2.93. The average Bonchev–Trinajstić information content (AvgIpc) is 2.33. The lowest BCUT2D eigenvalue weighted by atomic mass is 10.0. The van der Waals surface area contributed by atoms with E-state index in [1.54, 1.807) is 23.9 Å². The summed E-state index contributed by atoms with van der Waals surface area (Å²) in [5.41, 5.74) is 3.53. The molecule has 0 fully saturated rings. The van der Waals surface area contributed by atoms with E-state index in [-0.39, 0.29) is 11.0 Å². The van der Waals surface area contributed by atoms with Crippen LogP contribution in [0.1, 0.15) is 30.6 Å². The number of carbonyl (C=O) groups is 1. The minimum absolute atomic E-state index is 0.0693. The Kier molecular flexibility index (Phi) is 3.95. The number of benzene rings is 1. The van der Waals surface area contributed by atoms with Crippen molar-refractivity contribution in [1.29, 1.82) is 0 Å². The van der Waals surface area contributed by atoms with Gasteiger partial charge >= 0.3 is 0 Å². The van der Waals surface area contributed by atoms with E-state index in [2.05, 4.69) is 13.8 Å². The minimum atomic E-state index is 0.0693. The predicted molar refractivity (Wildman–Crippen MR) is 75.0 cm³/mol. The molecule has 0 saturated heterocycles. The van der Waals surface area contributed by atoms with Gasteiger partial charge in [-0.05, 0) is 44.5 Å². The maximum Gasteiger partial charge on any atom is 0.176 e. The largest absolute Gasteiger partial charge is 0.293 e. The van der Waals surface area contributed by atoms with Gasteiger partial charge in [0.2, 0.25) is 0 Å². The molecule has 1 aromatic carbocycles. The van der Waals surface area contributed by atoms with Crippen LogP contribution in [0.15, 0.2) is 35.4 Å². The first-order valence-corrected chi connectivity index (χ1v) is 7.07. The number of rotatable bonds is 2. The average molecular weight is 267 g/mol. The van der Waals surface area contributed by atoms with Crippen LogP contribution in [0, 0.1) is 0 Å². The van der Waals surface area contributed by atoms with Crippen molar-refractivity contribution in [3.05, 3.63) is 46.0 Å². The normalized spacial score (nSPS) is 20.5. The number of hydrogen-bond acceptors (Lipinski definition) is 2. The summed E-state index contributed by atoms with van der Waals surface area (Å²) in [5, 5.41) is 0.740. The molecule has 90 valence electrons. The van der Waals surface area contributed by atoms with Crippen molar-refractivity contribution in [2.75, 3.05) is 5.75 Å². The fourth-order valence-electron chi connectivity index (χ4n) is 1.83. The van der Waals surface area contributed by atoms with Crippen molar-refractivity contribution in [2.24, 2.45) is 0 Å². The van der Waals surface area contributed by atoms with Crippen LogP contribution in [0.2, 0.25) is 5.02 Å². The summed E-state index contributed by atoms with van der Waals surface area (Å²) in [7, 11) is 0. The van der Waals surface area contributed by atoms with Gasteiger partial charge in [0.1, 0.15) is 0 Å². The van der Waals surface area contributed by atoms with Crippen LogP contribution >= 0.6 is 23.4 Å². The first kappa shape index (κ1) is 12.7. The van der Waals surface area contributed by atoms with Gasteiger partial charge < -0.3 is 0 Å². The van der Waals surface area contributed by atoms with Gasteiger partial charge in [0.05, 0.1) is 5.25 Å². The smallest absolute Gasteiger partial charge is 0.176 e. The Morgan fingerprint density at radius 2 is 1.88 bits per heavy atom. The molecule has 0 spiro atoms. The number of thioether (sulfide) groups is 1. The van der Waals surface area contributed by atoms with Crippen molar-refractivity contribution in [2.45, 2.75) is 25.5 Å². The number of hydrogen-bond donors (Lipinski definition) is 0. The first-order valence-electron chi connectivity index (χ1n) is 5.64. The van der Waals surface area contributed by atoms with E-state index >= 15 is 0 Å². The lowest BCUT2D eigenvalue weighted by molar-refractivity contribution is 0.0989. The van der Waals surface area contributed by atoms with Crippen molar-refractivity contribution < 1.29 is 4.79 Å². The zero-order chi connectivity index (χ0) is 12.4. The van der Waals surface area contributed by atoms with Crippen LogP contribution in [0.3, 0.4) is 0 Å². The minimum Gasteiger partial charge on any atom is -0.293 e. The Hall–Kier alpha value is -0.730. The van der Waals surface area contributed by atoms with E-state index in [1.165, 1.54) is 11.1 Å². The van der Waals surface area contributed by atoms with Gasteiger partial charge in [-0.3, -0.25) is 4.79 Å². The predicted octanol–water partition coefficient (Wildman–Crippen LogP) is 4.36. The number of ketones is 1. The zero-order valence-corrected chi connectivity index (χ0v) is 11.6. The molecule has 2 rings (SSSR count). The van der Waals surface area contributed by atoms with Gasteiger partial charge in [0.15, 0.2) is 5.78 Å². The molecule has 0 radical (unpaired) electrons. The molecule has 0 saturated carbocycles. The zero-order valence-electron chi connectivity index (χ0n) is 10.00. The van der Waals surface area contributed by atoms with Crippen LogP contribution in [0.5, 0.6) is 0 Å². The van der Waals surface area contributed by atoms with Gasteiger partial charge in [-0.2, -0.15) is 0 Å². The van der Waals surface area contributed by atoms with Crippen molar-refractivity contribution >= 4 is 29.1 Å². The third-order valence-corrected chi connectivity index (χ3v) is 4.78. The maximum absolute atomic E-state index is 12.3. The second-order valence-corrected chi connectivity index (χ2v) is 6.06. The van der Waals surface area contributed by atoms with E-state index in [1.807, 2.05) is 12.1 Å². The molecular weight excluding hydrogens is 252 g/mol. The van der Waals surface area contributed by atoms with Crippen LogP contribution in [-0.2, 0) is 0 Å². The van der Waals surface area contributed by atoms with Crippen LogP contribution < -0.4 is 0 Å². The highest BCUT2D eigenvalue weighted by molar-refractivity contribution is 8.00. The summed E-state index contributed by atoms with van der Waals surface area (Å²) >= 11 is 7.56. The molecular formula is C14H15ClOS. The summed E-state index contributed by atoms with van der Waals surface area (Å²) in [6.07, 6.45) is 0.873. The Labute approximate surface area is 111 Å². The molecule has 0 amide bonds. The van der Waals surface area contributed by atoms with Crippen molar-refractivity contribution in [3.8, 4) is 0 Å². The summed E-state index contributed by atoms with van der Waals surface area (Å²) in [5.74, 6) is 1.19. The van der Waals surface area contributed by atoms with Crippen molar-refractivity contribution in [3.63, 3.8) is 0 Å². The molecule has 1 aliphatic rings. The Balaban J connectivity index is 2.14. The van der Waals surface area contributed by atoms with Crippen molar-refractivity contribution in [1.82, 2.24) is 0 Å². The van der Waals surface area contributed by atoms with E-state index < -0.39 is 0 Å². The SMILES string of the molecule is CC1=C(C)CC(C(=O)c2ccc(Cl)cc2)SC1. The molecule has 1 aromatic rings. The second kappa shape index (κ2) is 5.28. The molecule has 17 heavy (non-hydrogen) atoms. The quantitative estimate of drug-likeness (QED) is 0.584. The Bertz CT molecular complexity index is 462. The molecule has 3 heteroatoms. The fourth-order valence-corrected chi connectivity index (χ4v) is 3.31. The molecule has 1 heterocycles. The standard InChI is InChI=1S/C14H15ClOS/c1-9-7-13(17-8-10(9)2)14(16)11-3-5-12(15)6-4-11/h3-6,13H,7-8H2,1-2H3. The van der Waals surface area contributed by atoms with Crippen LogP contribution in [0.4, 0.5) is 0 Å². The van der Waals surface area contributed by atoms with Gasteiger partial charge in [0.25, 0.3) is 0 Å². The summed E-state index contributed by atoms with van der Waals surface area (Å²) < 4.78 is 0. The molecule has 0 aliphatic carbocycles. The Morgan fingerprint density at radius 3 is 2.47 bits per heavy atom. The Morgan fingerprint density at radius 1 is 1.24 bits per heavy atom. The van der Waals surface area contributed by atoms with E-state index in [9.17, 15) is 4.79 Å². The highest BCUT2D eigenvalue weighted by atomic mass is 35.5. The number of carbonyl (C=O) groups excluding carboxylic acids is 1. The van der Waals surface area contributed by atoms with E-state index in [4.69, 9.17) is 11.6 Å². The van der Waals surface area contributed by atoms with E-state index in [0.717, 1.165) is 17.7 Å². The van der Waals surface area contributed by atoms with Gasteiger partial charge in [0, 0.05) is 16.3 Å². The highest BCUT2D eigenvalue weighted by Gasteiger charge is 2.24. The van der Waals surface area contributed by atoms with Gasteiger partial charge in [-0.25, -0.2) is 0 Å². The van der Waals surface area contributed by atoms with Crippen LogP contribution in [-0.4, -0.2) is 16.8 Å². The topological polar surface area (TPSA) is 17.1 Å². The summed E-state index contributed by atoms with van der Waals surface area (Å²) in [4.78, 5) is 12.3. The van der Waals surface area contributed by atoms with E-state index in [0.29, 0.717) is 5.02 Å². The molecule has 0 aromatic heterocycles. The second-order valence-electron chi connectivity index (χ2n) is 4.44. The summed E-state index contributed by atoms with van der Waals surface area (Å²) in [6, 6.07) is 7.17. The number of Topliss-reactive ketones (excluding diaryl/α,β-unsaturated/α-hetero) is 1. The molecule has 1 atom stereocenters. The highest BCUT2D eigenvalue weighted by Crippen LogP contribution is 2.31. The lowest BCUT2D eigenvalue weighted by Crippen LogP contribution is -2.22. The first-order chi connectivity index (χ1) is 8.08. The molecule has 1 unspecified atom stereocenters. The van der Waals surface area contributed by atoms with Crippen LogP contribution in [0.25, 0.3) is 0 Å². The number of halogens is 1. The lowest BCUT2D eigenvalue weighted by Gasteiger charge is -2.22. The fraction of sp³-hybridized carbons (Fsp3) is 0.357. The molecule has 0 N–H and O–H groups in total. The molecule has 1 nitrogen and oxygen atoms in total. The molecule has 0 bridgehead atoms. The third-order valence-electron chi connectivity index (χ3n) is 3.14. The van der Waals surface area contributed by atoms with Gasteiger partial charge in [-0.1, -0.05) is 22.7 Å². The monoisotopic (exact) mass is 266 g/mol. The van der Waals surface area contributed by atoms with Gasteiger partial charge in [-0.15, -0.1) is 11.8 Å². The number of allylic oxidation sites excluding steroid dienone is 1. The summed E-state index contributed by atoms with van der Waals surface area (Å²) in [6.45, 7) is 4.27. The molecule has 1 aliphatic heterocycles.